The van der Waals surface area contributed by atoms with Gasteiger partial charge in [-0.15, -0.1) is 0 Å². The Hall–Kier alpha value is -2.71. The van der Waals surface area contributed by atoms with Gasteiger partial charge in [0.15, 0.2) is 0 Å². The molecule has 2 amide bonds. The number of rotatable bonds is 7. The predicted molar refractivity (Wildman–Crippen MR) is 123 cm³/mol. The highest BCUT2D eigenvalue weighted by molar-refractivity contribution is 7.89. The molecule has 1 atom stereocenters. The highest BCUT2D eigenvalue weighted by atomic mass is 32.2. The van der Waals surface area contributed by atoms with Crippen LogP contribution in [0.3, 0.4) is 0 Å². The second-order valence-electron chi connectivity index (χ2n) is 8.59. The number of sulfonamides is 1. The van der Waals surface area contributed by atoms with E-state index < -0.39 is 16.1 Å². The van der Waals surface area contributed by atoms with Crippen molar-refractivity contribution in [2.75, 3.05) is 13.1 Å². The van der Waals surface area contributed by atoms with Gasteiger partial charge in [0.25, 0.3) is 0 Å². The number of piperidine rings is 1. The standard InChI is InChI=1S/C24H31N3O4S/c1-16-13-17(2)22(18(3)14-16)32(30,31)26-21(15-19-7-5-4-6-8-19)24(29)27-11-9-20(10-12-27)23(25)28/h4-8,13-14,20-21,26H,9-12,15H2,1-3H3,(H2,25,28). The Morgan fingerprint density at radius 3 is 2.16 bits per heavy atom. The molecule has 3 rings (SSSR count). The van der Waals surface area contributed by atoms with Gasteiger partial charge in [-0.1, -0.05) is 48.0 Å². The van der Waals surface area contributed by atoms with Crippen LogP contribution in [0, 0.1) is 26.7 Å². The number of nitrogens with one attached hydrogen (secondary N) is 1. The first kappa shape index (κ1) is 23.9. The number of nitrogens with two attached hydrogens (primary N) is 1. The zero-order valence-corrected chi connectivity index (χ0v) is 19.6. The molecule has 1 unspecified atom stereocenters. The number of primary amides is 1. The van der Waals surface area contributed by atoms with Gasteiger partial charge in [0.2, 0.25) is 21.8 Å². The summed E-state index contributed by atoms with van der Waals surface area (Å²) in [5, 5.41) is 0. The number of carbonyl (C=O) groups excluding carboxylic acids is 2. The average molecular weight is 458 g/mol. The zero-order chi connectivity index (χ0) is 23.5. The molecule has 1 saturated heterocycles. The van der Waals surface area contributed by atoms with Crippen molar-refractivity contribution in [3.63, 3.8) is 0 Å². The van der Waals surface area contributed by atoms with Gasteiger partial charge in [0, 0.05) is 19.0 Å². The first-order valence-corrected chi connectivity index (χ1v) is 12.3. The van der Waals surface area contributed by atoms with Crippen LogP contribution in [0.15, 0.2) is 47.4 Å². The molecule has 32 heavy (non-hydrogen) atoms. The molecule has 0 spiro atoms. The summed E-state index contributed by atoms with van der Waals surface area (Å²) in [4.78, 5) is 26.7. The second kappa shape index (κ2) is 9.83. The van der Waals surface area contributed by atoms with Gasteiger partial charge in [0.05, 0.1) is 4.90 Å². The molecular weight excluding hydrogens is 426 g/mol. The number of nitrogens with zero attached hydrogens (tertiary/aromatic N) is 1. The number of aryl methyl sites for hydroxylation is 3. The van der Waals surface area contributed by atoms with Crippen molar-refractivity contribution < 1.29 is 18.0 Å². The SMILES string of the molecule is Cc1cc(C)c(S(=O)(=O)NC(Cc2ccccc2)C(=O)N2CCC(C(N)=O)CC2)c(C)c1. The maximum atomic E-state index is 13.4. The van der Waals surface area contributed by atoms with Crippen molar-refractivity contribution in [2.45, 2.75) is 51.0 Å². The van der Waals surface area contributed by atoms with Crippen molar-refractivity contribution in [3.8, 4) is 0 Å². The van der Waals surface area contributed by atoms with Crippen LogP contribution in [0.4, 0.5) is 0 Å². The number of carbonyl (C=O) groups is 2. The molecular formula is C24H31N3O4S. The molecule has 0 bridgehead atoms. The lowest BCUT2D eigenvalue weighted by Gasteiger charge is -2.33. The van der Waals surface area contributed by atoms with E-state index in [1.807, 2.05) is 49.4 Å². The number of hydrogen-bond acceptors (Lipinski definition) is 4. The van der Waals surface area contributed by atoms with E-state index in [4.69, 9.17) is 5.73 Å². The Bertz CT molecular complexity index is 1070. The minimum Gasteiger partial charge on any atom is -0.369 e. The van der Waals surface area contributed by atoms with E-state index in [2.05, 4.69) is 4.72 Å². The van der Waals surface area contributed by atoms with Crippen LogP contribution in [0.1, 0.15) is 35.1 Å². The van der Waals surface area contributed by atoms with E-state index in [-0.39, 0.29) is 29.0 Å². The summed E-state index contributed by atoms with van der Waals surface area (Å²) >= 11 is 0. The molecule has 3 N–H and O–H groups in total. The fourth-order valence-corrected chi connectivity index (χ4v) is 6.11. The number of likely N-dealkylation sites (tertiary alicyclic amines) is 1. The van der Waals surface area contributed by atoms with Crippen molar-refractivity contribution >= 4 is 21.8 Å². The van der Waals surface area contributed by atoms with Crippen molar-refractivity contribution in [1.82, 2.24) is 9.62 Å². The quantitative estimate of drug-likeness (QED) is 0.664. The Labute approximate surface area is 190 Å². The normalized spacial score (nSPS) is 16.0. The number of amides is 2. The molecule has 1 aliphatic rings. The topological polar surface area (TPSA) is 110 Å². The Balaban J connectivity index is 1.88. The van der Waals surface area contributed by atoms with Gasteiger partial charge in [-0.25, -0.2) is 8.42 Å². The van der Waals surface area contributed by atoms with Gasteiger partial charge in [-0.05, 0) is 56.7 Å². The van der Waals surface area contributed by atoms with Gasteiger partial charge in [0.1, 0.15) is 6.04 Å². The molecule has 0 radical (unpaired) electrons. The molecule has 8 heteroatoms. The molecule has 172 valence electrons. The number of benzene rings is 2. The highest BCUT2D eigenvalue weighted by Crippen LogP contribution is 2.23. The lowest BCUT2D eigenvalue weighted by molar-refractivity contribution is -0.136. The van der Waals surface area contributed by atoms with Gasteiger partial charge >= 0.3 is 0 Å². The molecule has 1 fully saturated rings. The molecule has 2 aromatic carbocycles. The molecule has 0 aliphatic carbocycles. The zero-order valence-electron chi connectivity index (χ0n) is 18.8. The van der Waals surface area contributed by atoms with E-state index in [1.165, 1.54) is 0 Å². The van der Waals surface area contributed by atoms with Crippen LogP contribution in [0.25, 0.3) is 0 Å². The average Bonchev–Trinajstić information content (AvgIpc) is 2.72. The molecule has 0 saturated carbocycles. The van der Waals surface area contributed by atoms with E-state index in [9.17, 15) is 18.0 Å². The lowest BCUT2D eigenvalue weighted by atomic mass is 9.95. The lowest BCUT2D eigenvalue weighted by Crippen LogP contribution is -2.52. The largest absolute Gasteiger partial charge is 0.369 e. The Morgan fingerprint density at radius 2 is 1.62 bits per heavy atom. The fraction of sp³-hybridized carbons (Fsp3) is 0.417. The fourth-order valence-electron chi connectivity index (χ4n) is 4.47. The van der Waals surface area contributed by atoms with Crippen molar-refractivity contribution in [1.29, 1.82) is 0 Å². The van der Waals surface area contributed by atoms with Crippen LogP contribution in [0.5, 0.6) is 0 Å². The third-order valence-electron chi connectivity index (χ3n) is 5.96. The van der Waals surface area contributed by atoms with Gasteiger partial charge in [-0.3, -0.25) is 9.59 Å². The summed E-state index contributed by atoms with van der Waals surface area (Å²) in [6.45, 7) is 6.19. The first-order valence-electron chi connectivity index (χ1n) is 10.8. The van der Waals surface area contributed by atoms with E-state index in [0.717, 1.165) is 11.1 Å². The maximum Gasteiger partial charge on any atom is 0.241 e. The van der Waals surface area contributed by atoms with E-state index >= 15 is 0 Å². The van der Waals surface area contributed by atoms with Crippen molar-refractivity contribution in [2.24, 2.45) is 11.7 Å². The third-order valence-corrected chi connectivity index (χ3v) is 7.74. The first-order chi connectivity index (χ1) is 15.1. The summed E-state index contributed by atoms with van der Waals surface area (Å²) in [6, 6.07) is 12.0. The molecule has 0 aromatic heterocycles. The van der Waals surface area contributed by atoms with E-state index in [0.29, 0.717) is 37.1 Å². The smallest absolute Gasteiger partial charge is 0.241 e. The number of hydrogen-bond donors (Lipinski definition) is 2. The van der Waals surface area contributed by atoms with Crippen LogP contribution in [-0.2, 0) is 26.0 Å². The van der Waals surface area contributed by atoms with Gasteiger partial charge < -0.3 is 10.6 Å². The summed E-state index contributed by atoms with van der Waals surface area (Å²) in [7, 11) is -3.94. The third kappa shape index (κ3) is 5.55. The van der Waals surface area contributed by atoms with Crippen LogP contribution in [0.2, 0.25) is 0 Å². The summed E-state index contributed by atoms with van der Waals surface area (Å²) in [6.07, 6.45) is 1.21. The Kier molecular flexibility index (Phi) is 7.36. The maximum absolute atomic E-state index is 13.4. The van der Waals surface area contributed by atoms with Crippen LogP contribution in [-0.4, -0.2) is 44.3 Å². The van der Waals surface area contributed by atoms with Crippen LogP contribution < -0.4 is 10.5 Å². The van der Waals surface area contributed by atoms with E-state index in [1.54, 1.807) is 18.7 Å². The molecule has 2 aromatic rings. The summed E-state index contributed by atoms with van der Waals surface area (Å²) < 4.78 is 29.4. The molecule has 7 nitrogen and oxygen atoms in total. The minimum atomic E-state index is -3.94. The predicted octanol–water partition coefficient (Wildman–Crippen LogP) is 2.23. The summed E-state index contributed by atoms with van der Waals surface area (Å²) in [5.74, 6) is -0.895. The molecule has 1 heterocycles. The minimum absolute atomic E-state index is 0.210. The van der Waals surface area contributed by atoms with Gasteiger partial charge in [-0.2, -0.15) is 4.72 Å². The van der Waals surface area contributed by atoms with Crippen molar-refractivity contribution in [3.05, 3.63) is 64.7 Å². The van der Waals surface area contributed by atoms with Crippen LogP contribution >= 0.6 is 0 Å². The highest BCUT2D eigenvalue weighted by Gasteiger charge is 2.33. The monoisotopic (exact) mass is 457 g/mol. The Morgan fingerprint density at radius 1 is 1.06 bits per heavy atom. The summed E-state index contributed by atoms with van der Waals surface area (Å²) in [5.41, 5.74) is 8.53. The molecule has 1 aliphatic heterocycles. The second-order valence-corrected chi connectivity index (χ2v) is 10.2.